The Kier molecular flexibility index (Phi) is 7.31. The van der Waals surface area contributed by atoms with E-state index in [0.717, 1.165) is 16.0 Å². The van der Waals surface area contributed by atoms with Crippen LogP contribution in [0.4, 0.5) is 0 Å². The Morgan fingerprint density at radius 2 is 2.00 bits per heavy atom. The maximum atomic E-state index is 11.8. The van der Waals surface area contributed by atoms with Crippen molar-refractivity contribution in [2.75, 3.05) is 6.61 Å². The van der Waals surface area contributed by atoms with E-state index >= 15 is 0 Å². The van der Waals surface area contributed by atoms with E-state index in [0.29, 0.717) is 5.75 Å². The molecule has 0 aliphatic carbocycles. The number of amides is 2. The van der Waals surface area contributed by atoms with Gasteiger partial charge in [0.2, 0.25) is 5.91 Å². The lowest BCUT2D eigenvalue weighted by atomic mass is 10.1. The number of aryl methyl sites for hydroxylation is 1. The topological polar surface area (TPSA) is 79.5 Å². The average Bonchev–Trinajstić information content (AvgIpc) is 3.13. The van der Waals surface area contributed by atoms with Crippen LogP contribution in [-0.2, 0) is 9.59 Å². The highest BCUT2D eigenvalue weighted by atomic mass is 32.1. The van der Waals surface area contributed by atoms with Crippen molar-refractivity contribution in [3.8, 4) is 5.75 Å². The summed E-state index contributed by atoms with van der Waals surface area (Å²) in [5, 5.41) is 4.34. The Morgan fingerprint density at radius 3 is 2.73 bits per heavy atom. The number of rotatable bonds is 5. The van der Waals surface area contributed by atoms with Crippen LogP contribution >= 0.6 is 23.6 Å². The Hall–Kier alpha value is -2.71. The molecule has 0 aliphatic heterocycles. The molecule has 0 fully saturated rings. The third-order valence-electron chi connectivity index (χ3n) is 3.41. The maximum absolute atomic E-state index is 11.8. The van der Waals surface area contributed by atoms with Gasteiger partial charge in [0, 0.05) is 11.0 Å². The lowest BCUT2D eigenvalue weighted by Gasteiger charge is -2.12. The van der Waals surface area contributed by atoms with Gasteiger partial charge in [-0.3, -0.25) is 25.8 Å². The number of thiocarbonyl (C=S) groups is 1. The van der Waals surface area contributed by atoms with E-state index in [2.05, 4.69) is 16.2 Å². The number of thiophene rings is 1. The molecule has 0 spiro atoms. The van der Waals surface area contributed by atoms with Gasteiger partial charge < -0.3 is 4.74 Å². The number of carbonyl (C=O) groups excluding carboxylic acids is 2. The molecule has 136 valence electrons. The summed E-state index contributed by atoms with van der Waals surface area (Å²) in [6, 6.07) is 9.42. The molecule has 2 aromatic rings. The zero-order valence-electron chi connectivity index (χ0n) is 14.4. The van der Waals surface area contributed by atoms with Gasteiger partial charge in [-0.15, -0.1) is 11.3 Å². The quantitative estimate of drug-likeness (QED) is 0.416. The number of carbonyl (C=O) groups is 2. The largest absolute Gasteiger partial charge is 0.483 e. The fraction of sp³-hybridized carbons (Fsp3) is 0.167. The predicted molar refractivity (Wildman–Crippen MR) is 107 cm³/mol. The third kappa shape index (κ3) is 6.30. The second-order valence-electron chi connectivity index (χ2n) is 5.33. The molecule has 0 atom stereocenters. The van der Waals surface area contributed by atoms with Crippen molar-refractivity contribution >= 4 is 46.6 Å². The molecular formula is C18H19N3O3S2. The summed E-state index contributed by atoms with van der Waals surface area (Å²) in [5.74, 6) is -0.164. The fourth-order valence-electron chi connectivity index (χ4n) is 1.92. The molecule has 26 heavy (non-hydrogen) atoms. The Bertz CT molecular complexity index is 817. The minimum absolute atomic E-state index is 0.00841. The summed E-state index contributed by atoms with van der Waals surface area (Å²) >= 11 is 6.47. The van der Waals surface area contributed by atoms with Crippen LogP contribution in [0.15, 0.2) is 41.8 Å². The minimum Gasteiger partial charge on any atom is -0.483 e. The highest BCUT2D eigenvalue weighted by Crippen LogP contribution is 2.20. The van der Waals surface area contributed by atoms with Crippen LogP contribution in [0.25, 0.3) is 6.08 Å². The van der Waals surface area contributed by atoms with Crippen molar-refractivity contribution in [3.05, 3.63) is 57.8 Å². The van der Waals surface area contributed by atoms with Crippen LogP contribution in [0.2, 0.25) is 0 Å². The van der Waals surface area contributed by atoms with Crippen LogP contribution in [0.1, 0.15) is 16.0 Å². The van der Waals surface area contributed by atoms with E-state index in [1.54, 1.807) is 12.1 Å². The first kappa shape index (κ1) is 19.6. The minimum atomic E-state index is -0.420. The van der Waals surface area contributed by atoms with Crippen LogP contribution < -0.4 is 20.9 Å². The molecular weight excluding hydrogens is 370 g/mol. The van der Waals surface area contributed by atoms with Crippen molar-refractivity contribution < 1.29 is 14.3 Å². The van der Waals surface area contributed by atoms with Gasteiger partial charge in [0.05, 0.1) is 0 Å². The third-order valence-corrected chi connectivity index (χ3v) is 4.45. The van der Waals surface area contributed by atoms with Gasteiger partial charge in [-0.1, -0.05) is 18.2 Å². The van der Waals surface area contributed by atoms with Crippen molar-refractivity contribution in [3.63, 3.8) is 0 Å². The molecule has 0 saturated heterocycles. The summed E-state index contributed by atoms with van der Waals surface area (Å²) < 4.78 is 5.48. The zero-order valence-corrected chi connectivity index (χ0v) is 16.0. The van der Waals surface area contributed by atoms with E-state index in [9.17, 15) is 9.59 Å². The molecule has 8 heteroatoms. The first-order valence-electron chi connectivity index (χ1n) is 7.76. The fourth-order valence-corrected chi connectivity index (χ4v) is 2.68. The Labute approximate surface area is 161 Å². The van der Waals surface area contributed by atoms with Crippen LogP contribution in [-0.4, -0.2) is 23.5 Å². The highest BCUT2D eigenvalue weighted by Gasteiger charge is 2.07. The van der Waals surface area contributed by atoms with Crippen LogP contribution in [0, 0.1) is 13.8 Å². The average molecular weight is 390 g/mol. The van der Waals surface area contributed by atoms with Crippen molar-refractivity contribution in [2.45, 2.75) is 13.8 Å². The van der Waals surface area contributed by atoms with Gasteiger partial charge >= 0.3 is 0 Å². The molecule has 6 nitrogen and oxygen atoms in total. The summed E-state index contributed by atoms with van der Waals surface area (Å²) in [6.45, 7) is 3.72. The number of benzene rings is 1. The van der Waals surface area contributed by atoms with Crippen LogP contribution in [0.5, 0.6) is 5.75 Å². The SMILES string of the molecule is Cc1cccc(OCC(=O)NNC(=S)NC(=O)/C=C/c2cccs2)c1C. The van der Waals surface area contributed by atoms with Gasteiger partial charge in [-0.2, -0.15) is 0 Å². The van der Waals surface area contributed by atoms with Crippen molar-refractivity contribution in [2.24, 2.45) is 0 Å². The van der Waals surface area contributed by atoms with Gasteiger partial charge in [-0.05, 0) is 60.8 Å². The summed E-state index contributed by atoms with van der Waals surface area (Å²) in [5.41, 5.74) is 6.89. The first-order chi connectivity index (χ1) is 12.5. The van der Waals surface area contributed by atoms with Gasteiger partial charge in [0.25, 0.3) is 5.91 Å². The molecule has 3 N–H and O–H groups in total. The molecule has 1 aromatic heterocycles. The van der Waals surface area contributed by atoms with Crippen molar-refractivity contribution in [1.29, 1.82) is 0 Å². The summed E-state index contributed by atoms with van der Waals surface area (Å²) in [6.07, 6.45) is 3.05. The molecule has 1 heterocycles. The molecule has 1 aromatic carbocycles. The summed E-state index contributed by atoms with van der Waals surface area (Å²) in [7, 11) is 0. The number of ether oxygens (including phenoxy) is 1. The van der Waals surface area contributed by atoms with E-state index < -0.39 is 11.8 Å². The molecule has 0 unspecified atom stereocenters. The Balaban J connectivity index is 1.70. The molecule has 2 rings (SSSR count). The van der Waals surface area contributed by atoms with Gasteiger partial charge in [0.1, 0.15) is 5.75 Å². The maximum Gasteiger partial charge on any atom is 0.276 e. The lowest BCUT2D eigenvalue weighted by Crippen LogP contribution is -2.49. The monoisotopic (exact) mass is 389 g/mol. The molecule has 0 aliphatic rings. The van der Waals surface area contributed by atoms with E-state index in [1.807, 2.05) is 43.5 Å². The second kappa shape index (κ2) is 9.69. The van der Waals surface area contributed by atoms with Gasteiger partial charge in [-0.25, -0.2) is 0 Å². The first-order valence-corrected chi connectivity index (χ1v) is 9.05. The molecule has 2 amide bonds. The highest BCUT2D eigenvalue weighted by molar-refractivity contribution is 7.80. The lowest BCUT2D eigenvalue weighted by molar-refractivity contribution is -0.123. The molecule has 0 radical (unpaired) electrons. The van der Waals surface area contributed by atoms with E-state index in [4.69, 9.17) is 17.0 Å². The van der Waals surface area contributed by atoms with E-state index in [1.165, 1.54) is 17.4 Å². The molecule has 0 saturated carbocycles. The number of hydrogen-bond donors (Lipinski definition) is 3. The number of nitrogens with one attached hydrogen (secondary N) is 3. The summed E-state index contributed by atoms with van der Waals surface area (Å²) in [4.78, 5) is 24.5. The van der Waals surface area contributed by atoms with Crippen molar-refractivity contribution in [1.82, 2.24) is 16.2 Å². The zero-order chi connectivity index (χ0) is 18.9. The second-order valence-corrected chi connectivity index (χ2v) is 6.71. The molecule has 0 bridgehead atoms. The van der Waals surface area contributed by atoms with Gasteiger partial charge in [0.15, 0.2) is 11.7 Å². The van der Waals surface area contributed by atoms with E-state index in [-0.39, 0.29) is 11.7 Å². The number of hydrazine groups is 1. The van der Waals surface area contributed by atoms with Crippen LogP contribution in [0.3, 0.4) is 0 Å². The number of hydrogen-bond acceptors (Lipinski definition) is 5. The standard InChI is InChI=1S/C18H19N3O3S2/c1-12-5-3-7-15(13(12)2)24-11-17(23)20-21-18(25)19-16(22)9-8-14-6-4-10-26-14/h3-10H,11H2,1-2H3,(H,20,23)(H2,19,21,22,25)/b9-8+. The Morgan fingerprint density at radius 1 is 1.19 bits per heavy atom. The predicted octanol–water partition coefficient (Wildman–Crippen LogP) is 2.48. The smallest absolute Gasteiger partial charge is 0.276 e. The normalized spacial score (nSPS) is 10.4.